The molecule has 2 unspecified atom stereocenters. The molecule has 1 aromatic heterocycles. The monoisotopic (exact) mass is 481 g/mol. The van der Waals surface area contributed by atoms with E-state index in [4.69, 9.17) is 15.5 Å². The molecular formula is C23H25N6O6-. The van der Waals surface area contributed by atoms with Crippen LogP contribution in [0, 0.1) is 5.92 Å². The maximum atomic E-state index is 12.9. The minimum Gasteiger partial charge on any atom is -0.712 e. The Bertz CT molecular complexity index is 1180. The first-order valence-corrected chi connectivity index (χ1v) is 10.9. The molecule has 1 aliphatic heterocycles. The summed E-state index contributed by atoms with van der Waals surface area (Å²) in [5.41, 5.74) is 9.91. The number of aromatic nitrogens is 1. The van der Waals surface area contributed by atoms with Crippen molar-refractivity contribution >= 4 is 40.2 Å². The van der Waals surface area contributed by atoms with Crippen molar-refractivity contribution in [2.24, 2.45) is 16.2 Å². The van der Waals surface area contributed by atoms with Crippen LogP contribution in [0.2, 0.25) is 0 Å². The molecule has 0 aliphatic carbocycles. The Morgan fingerprint density at radius 3 is 2.60 bits per heavy atom. The number of amides is 2. The van der Waals surface area contributed by atoms with Crippen molar-refractivity contribution in [1.82, 2.24) is 15.6 Å². The Kier molecular flexibility index (Phi) is 8.18. The standard InChI is InChI=1S/C23H25N6O6/c1-12(2)21(28-22(33)15-8-7-13-5-3-4-6-14(13)26-15)17-9-19(35-29-17)23(34)27-16(10-20(31)32)18(30)11-25-24/h3-8,12,16,19,21H,9-11H2,1-2H3,(H,27,34)(H,28,33)(H,31,32)/q-1/t16-,19?,21?/m0/s1. The zero-order valence-electron chi connectivity index (χ0n) is 19.2. The summed E-state index contributed by atoms with van der Waals surface area (Å²) in [5, 5.41) is 21.8. The Morgan fingerprint density at radius 2 is 1.91 bits per heavy atom. The van der Waals surface area contributed by atoms with E-state index in [0.717, 1.165) is 5.39 Å². The molecule has 2 aromatic rings. The largest absolute Gasteiger partial charge is 0.712 e. The number of hydrogen-bond donors (Lipinski definition) is 3. The number of pyridine rings is 1. The second kappa shape index (κ2) is 11.3. The van der Waals surface area contributed by atoms with E-state index in [1.165, 1.54) is 0 Å². The number of hydrogen-bond acceptors (Lipinski definition) is 8. The lowest BCUT2D eigenvalue weighted by atomic mass is 9.95. The van der Waals surface area contributed by atoms with Crippen LogP contribution in [0.15, 0.2) is 46.7 Å². The van der Waals surface area contributed by atoms with E-state index in [2.05, 4.69) is 25.9 Å². The van der Waals surface area contributed by atoms with Crippen LogP contribution >= 0.6 is 0 Å². The highest BCUT2D eigenvalue weighted by Gasteiger charge is 2.36. The molecule has 1 aromatic carbocycles. The molecule has 3 N–H and O–H groups in total. The molecule has 1 aliphatic rings. The highest BCUT2D eigenvalue weighted by Crippen LogP contribution is 2.19. The topological polar surface area (TPSA) is 182 Å². The Hall–Kier alpha value is -4.22. The van der Waals surface area contributed by atoms with Gasteiger partial charge in [-0.2, -0.15) is 0 Å². The normalized spacial score (nSPS) is 16.7. The van der Waals surface area contributed by atoms with Gasteiger partial charge in [-0.3, -0.25) is 19.2 Å². The molecule has 2 heterocycles. The first-order chi connectivity index (χ1) is 16.7. The predicted octanol–water partition coefficient (Wildman–Crippen LogP) is 1.68. The lowest BCUT2D eigenvalue weighted by molar-refractivity contribution is -0.141. The van der Waals surface area contributed by atoms with Gasteiger partial charge in [0.2, 0.25) is 6.10 Å². The van der Waals surface area contributed by atoms with Crippen molar-refractivity contribution in [3.8, 4) is 0 Å². The van der Waals surface area contributed by atoms with Crippen LogP contribution in [0.25, 0.3) is 16.4 Å². The third-order valence-corrected chi connectivity index (χ3v) is 5.44. The summed E-state index contributed by atoms with van der Waals surface area (Å²) in [6.45, 7) is 3.08. The average Bonchev–Trinajstić information content (AvgIpc) is 3.31. The molecule has 2 amide bonds. The molecule has 0 bridgehead atoms. The number of carboxylic acid groups (broad SMARTS) is 1. The zero-order chi connectivity index (χ0) is 25.5. The number of fused-ring (bicyclic) bond motifs is 1. The fourth-order valence-corrected chi connectivity index (χ4v) is 3.63. The molecule has 0 spiro atoms. The maximum Gasteiger partial charge on any atom is 0.305 e. The number of oxime groups is 1. The number of aliphatic carboxylic acids is 1. The summed E-state index contributed by atoms with van der Waals surface area (Å²) in [4.78, 5) is 58.1. The van der Waals surface area contributed by atoms with Crippen molar-refractivity contribution in [3.63, 3.8) is 0 Å². The smallest absolute Gasteiger partial charge is 0.305 e. The van der Waals surface area contributed by atoms with Gasteiger partial charge < -0.3 is 31.2 Å². The van der Waals surface area contributed by atoms with E-state index < -0.39 is 54.7 Å². The number of rotatable bonds is 11. The number of carbonyl (C=O) groups is 4. The number of para-hydroxylation sites is 1. The first-order valence-electron chi connectivity index (χ1n) is 10.9. The van der Waals surface area contributed by atoms with Crippen LogP contribution in [0.5, 0.6) is 0 Å². The van der Waals surface area contributed by atoms with Crippen LogP contribution in [0.3, 0.4) is 0 Å². The van der Waals surface area contributed by atoms with Crippen molar-refractivity contribution < 1.29 is 29.1 Å². The van der Waals surface area contributed by atoms with Gasteiger partial charge in [0.25, 0.3) is 11.8 Å². The lowest BCUT2D eigenvalue weighted by Crippen LogP contribution is -2.48. The van der Waals surface area contributed by atoms with Crippen molar-refractivity contribution in [2.45, 2.75) is 44.9 Å². The Balaban J connectivity index is 1.66. The third kappa shape index (κ3) is 6.43. The van der Waals surface area contributed by atoms with Gasteiger partial charge >= 0.3 is 5.97 Å². The second-order valence-electron chi connectivity index (χ2n) is 8.39. The molecule has 3 atom stereocenters. The summed E-state index contributed by atoms with van der Waals surface area (Å²) < 4.78 is 0. The number of carbonyl (C=O) groups excluding carboxylic acids is 3. The van der Waals surface area contributed by atoms with Crippen LogP contribution in [-0.2, 0) is 19.2 Å². The summed E-state index contributed by atoms with van der Waals surface area (Å²) in [7, 11) is 0. The Labute approximate surface area is 200 Å². The fourth-order valence-electron chi connectivity index (χ4n) is 3.63. The van der Waals surface area contributed by atoms with E-state index in [0.29, 0.717) is 11.2 Å². The summed E-state index contributed by atoms with van der Waals surface area (Å²) in [5.74, 6) is -3.33. The number of nitrogens with one attached hydrogen (secondary N) is 2. The minimum absolute atomic E-state index is 0.0263. The van der Waals surface area contributed by atoms with E-state index in [-0.39, 0.29) is 18.0 Å². The van der Waals surface area contributed by atoms with Gasteiger partial charge in [0.05, 0.1) is 36.3 Å². The molecular weight excluding hydrogens is 456 g/mol. The lowest BCUT2D eigenvalue weighted by Gasteiger charge is -2.22. The molecule has 35 heavy (non-hydrogen) atoms. The summed E-state index contributed by atoms with van der Waals surface area (Å²) in [6, 6.07) is 8.89. The van der Waals surface area contributed by atoms with Crippen LogP contribution in [0.4, 0.5) is 0 Å². The van der Waals surface area contributed by atoms with E-state index in [1.807, 2.05) is 32.0 Å². The zero-order valence-corrected chi connectivity index (χ0v) is 19.2. The number of benzene rings is 1. The van der Waals surface area contributed by atoms with Gasteiger partial charge in [-0.05, 0) is 18.1 Å². The average molecular weight is 481 g/mol. The highest BCUT2D eigenvalue weighted by molar-refractivity contribution is 6.02. The molecule has 184 valence electrons. The number of carboxylic acids is 1. The van der Waals surface area contributed by atoms with Crippen LogP contribution < -0.4 is 10.6 Å². The molecule has 3 rings (SSSR count). The number of ketones is 1. The summed E-state index contributed by atoms with van der Waals surface area (Å²) in [6.07, 6.45) is -1.76. The van der Waals surface area contributed by atoms with E-state index >= 15 is 0 Å². The van der Waals surface area contributed by atoms with Gasteiger partial charge in [0.1, 0.15) is 5.69 Å². The van der Waals surface area contributed by atoms with Crippen molar-refractivity contribution in [2.75, 3.05) is 6.54 Å². The van der Waals surface area contributed by atoms with Gasteiger partial charge in [0.15, 0.2) is 5.78 Å². The van der Waals surface area contributed by atoms with Gasteiger partial charge in [-0.1, -0.05) is 43.3 Å². The molecule has 0 radical (unpaired) electrons. The molecule has 0 saturated heterocycles. The van der Waals surface area contributed by atoms with Crippen molar-refractivity contribution in [1.29, 1.82) is 0 Å². The van der Waals surface area contributed by atoms with Crippen LogP contribution in [-0.4, -0.2) is 64.1 Å². The molecule has 12 heteroatoms. The Morgan fingerprint density at radius 1 is 1.17 bits per heavy atom. The second-order valence-corrected chi connectivity index (χ2v) is 8.39. The number of Topliss-reactive ketones (excluding diaryl/α,β-unsaturated/α-hetero) is 1. The molecule has 0 saturated carbocycles. The van der Waals surface area contributed by atoms with Gasteiger partial charge in [-0.15, -0.1) is 0 Å². The predicted molar refractivity (Wildman–Crippen MR) is 125 cm³/mol. The first kappa shape index (κ1) is 25.4. The third-order valence-electron chi connectivity index (χ3n) is 5.44. The van der Waals surface area contributed by atoms with E-state index in [1.54, 1.807) is 18.2 Å². The maximum absolute atomic E-state index is 12.9. The fraction of sp³-hybridized carbons (Fsp3) is 0.391. The van der Waals surface area contributed by atoms with Gasteiger partial charge in [0, 0.05) is 11.8 Å². The van der Waals surface area contributed by atoms with E-state index in [9.17, 15) is 19.2 Å². The quantitative estimate of drug-likeness (QED) is 0.408. The molecule has 0 fully saturated rings. The van der Waals surface area contributed by atoms with Crippen molar-refractivity contribution in [3.05, 3.63) is 47.6 Å². The summed E-state index contributed by atoms with van der Waals surface area (Å²) >= 11 is 0. The van der Waals surface area contributed by atoms with Gasteiger partial charge in [-0.25, -0.2) is 4.98 Å². The van der Waals surface area contributed by atoms with Crippen LogP contribution in [0.1, 0.15) is 37.2 Å². The minimum atomic E-state index is -1.39. The number of nitrogens with zero attached hydrogens (tertiary/aromatic N) is 4. The molecule has 12 nitrogen and oxygen atoms in total. The highest BCUT2D eigenvalue weighted by atomic mass is 16.6. The SMILES string of the molecule is CC(C)C(NC(=O)c1ccc2ccccc2n1)C1=NOC(C(=O)N[C@@H](CC(=O)O)C(=O)CN=[N-])C1.